The van der Waals surface area contributed by atoms with E-state index in [0.29, 0.717) is 22.3 Å². The third-order valence-corrected chi connectivity index (χ3v) is 5.06. The maximum Gasteiger partial charge on any atom is 0.330 e. The van der Waals surface area contributed by atoms with Gasteiger partial charge in [0.25, 0.3) is 6.17 Å². The van der Waals surface area contributed by atoms with Gasteiger partial charge in [-0.2, -0.15) is 4.74 Å². The van der Waals surface area contributed by atoms with Crippen LogP contribution in [0, 0.1) is 5.21 Å². The summed E-state index contributed by atoms with van der Waals surface area (Å²) in [7, 11) is 1.71. The van der Waals surface area contributed by atoms with Crippen LogP contribution in [0.3, 0.4) is 0 Å². The molecule has 0 radical (unpaired) electrons. The molecule has 3 aromatic rings. The van der Waals surface area contributed by atoms with Gasteiger partial charge in [-0.3, -0.25) is 0 Å². The van der Waals surface area contributed by atoms with Gasteiger partial charge < -0.3 is 10.1 Å². The number of para-hydroxylation sites is 1. The Kier molecular flexibility index (Phi) is 3.83. The average Bonchev–Trinajstić information content (AvgIpc) is 3.19. The number of carbonyl (C=O) groups excluding carboxylic acids is 1. The van der Waals surface area contributed by atoms with E-state index in [9.17, 15) is 10.0 Å². The number of benzene rings is 2. The molecule has 1 atom stereocenters. The second-order valence-electron chi connectivity index (χ2n) is 7.08. The fourth-order valence-corrected chi connectivity index (χ4v) is 3.36. The summed E-state index contributed by atoms with van der Waals surface area (Å²) in [6.45, 7) is 3.75. The molecule has 1 fully saturated rings. The number of nitrogens with zero attached hydrogens (tertiary/aromatic N) is 5. The first-order valence-electron chi connectivity index (χ1n) is 8.54. The SMILES string of the molecule is CN1C(=O)N(c2ccccc2)[C@H](/[N+]([O-])=C/c2ccc3nonc3c2)C1(C)C. The quantitative estimate of drug-likeness (QED) is 0.308. The van der Waals surface area contributed by atoms with Crippen molar-refractivity contribution in [2.75, 3.05) is 11.9 Å². The van der Waals surface area contributed by atoms with Crippen LogP contribution in [0.1, 0.15) is 19.4 Å². The van der Waals surface area contributed by atoms with E-state index in [-0.39, 0.29) is 6.03 Å². The molecule has 0 bridgehead atoms. The number of carbonyl (C=O) groups is 1. The number of urea groups is 1. The summed E-state index contributed by atoms with van der Waals surface area (Å²) in [6.07, 6.45) is 0.728. The molecule has 0 spiro atoms. The lowest BCUT2D eigenvalue weighted by Crippen LogP contribution is -2.51. The molecular weight excluding hydrogens is 346 g/mol. The third-order valence-electron chi connectivity index (χ3n) is 5.06. The van der Waals surface area contributed by atoms with E-state index in [0.717, 1.165) is 4.74 Å². The maximum atomic E-state index is 13.2. The van der Waals surface area contributed by atoms with Crippen LogP contribution in [-0.2, 0) is 0 Å². The highest BCUT2D eigenvalue weighted by molar-refractivity contribution is 5.96. The first-order valence-corrected chi connectivity index (χ1v) is 8.54. The lowest BCUT2D eigenvalue weighted by molar-refractivity contribution is -0.504. The number of rotatable bonds is 3. The molecule has 2 heterocycles. The van der Waals surface area contributed by atoms with Crippen molar-refractivity contribution in [3.63, 3.8) is 0 Å². The van der Waals surface area contributed by atoms with Gasteiger partial charge in [-0.1, -0.05) is 18.2 Å². The van der Waals surface area contributed by atoms with Crippen molar-refractivity contribution in [1.29, 1.82) is 0 Å². The predicted octanol–water partition coefficient (Wildman–Crippen LogP) is 2.83. The van der Waals surface area contributed by atoms with Crippen molar-refractivity contribution >= 4 is 29.0 Å². The number of likely N-dealkylation sites (N-methyl/N-ethyl adjacent to an activating group) is 1. The summed E-state index contributed by atoms with van der Waals surface area (Å²) in [5.74, 6) is 0. The molecule has 4 rings (SSSR count). The molecular formula is C19H19N5O3. The second kappa shape index (κ2) is 6.08. The molecule has 0 aliphatic carbocycles. The van der Waals surface area contributed by atoms with Crippen molar-refractivity contribution in [3.8, 4) is 0 Å². The van der Waals surface area contributed by atoms with E-state index >= 15 is 0 Å². The second-order valence-corrected chi connectivity index (χ2v) is 7.08. The van der Waals surface area contributed by atoms with Crippen molar-refractivity contribution < 1.29 is 14.2 Å². The number of hydrogen-bond donors (Lipinski definition) is 0. The molecule has 0 saturated carbocycles. The lowest BCUT2D eigenvalue weighted by Gasteiger charge is -2.31. The van der Waals surface area contributed by atoms with Gasteiger partial charge in [0.15, 0.2) is 6.21 Å². The summed E-state index contributed by atoms with van der Waals surface area (Å²) in [4.78, 5) is 16.0. The van der Waals surface area contributed by atoms with Gasteiger partial charge in [0.05, 0.1) is 5.69 Å². The lowest BCUT2D eigenvalue weighted by atomic mass is 10.0. The normalized spacial score (nSPS) is 19.9. The summed E-state index contributed by atoms with van der Waals surface area (Å²) >= 11 is 0. The summed E-state index contributed by atoms with van der Waals surface area (Å²) in [6, 6.07) is 14.2. The van der Waals surface area contributed by atoms with Crippen molar-refractivity contribution in [1.82, 2.24) is 15.2 Å². The molecule has 27 heavy (non-hydrogen) atoms. The van der Waals surface area contributed by atoms with E-state index in [1.165, 1.54) is 11.1 Å². The molecule has 8 heteroatoms. The largest absolute Gasteiger partial charge is 0.622 e. The Morgan fingerprint density at radius 1 is 1.15 bits per heavy atom. The van der Waals surface area contributed by atoms with Crippen LogP contribution in [0.25, 0.3) is 11.0 Å². The number of amides is 2. The Bertz CT molecular complexity index is 1030. The fourth-order valence-electron chi connectivity index (χ4n) is 3.36. The molecule has 0 N–H and O–H groups in total. The van der Waals surface area contributed by atoms with Gasteiger partial charge in [-0.25, -0.2) is 14.3 Å². The van der Waals surface area contributed by atoms with Gasteiger partial charge in [-0.15, -0.1) is 0 Å². The molecule has 2 aromatic carbocycles. The Balaban J connectivity index is 1.78. The van der Waals surface area contributed by atoms with Crippen LogP contribution >= 0.6 is 0 Å². The summed E-state index contributed by atoms with van der Waals surface area (Å²) in [5, 5.41) is 20.7. The smallest absolute Gasteiger partial charge is 0.330 e. The van der Waals surface area contributed by atoms with Crippen LogP contribution in [0.4, 0.5) is 10.5 Å². The molecule has 0 unspecified atom stereocenters. The van der Waals surface area contributed by atoms with Crippen LogP contribution < -0.4 is 4.90 Å². The van der Waals surface area contributed by atoms with Crippen molar-refractivity contribution in [2.45, 2.75) is 25.6 Å². The van der Waals surface area contributed by atoms with Gasteiger partial charge in [0.2, 0.25) is 0 Å². The van der Waals surface area contributed by atoms with Gasteiger partial charge in [0, 0.05) is 12.6 Å². The zero-order valence-corrected chi connectivity index (χ0v) is 15.2. The zero-order chi connectivity index (χ0) is 19.2. The van der Waals surface area contributed by atoms with Gasteiger partial charge >= 0.3 is 6.03 Å². The number of hydrogen-bond acceptors (Lipinski definition) is 5. The Hall–Kier alpha value is -3.42. The van der Waals surface area contributed by atoms with Crippen molar-refractivity contribution in [2.24, 2.45) is 0 Å². The fraction of sp³-hybridized carbons (Fsp3) is 0.263. The van der Waals surface area contributed by atoms with E-state index in [2.05, 4.69) is 10.3 Å². The number of anilines is 1. The molecule has 1 aliphatic heterocycles. The Morgan fingerprint density at radius 2 is 1.85 bits per heavy atom. The first kappa shape index (κ1) is 17.0. The zero-order valence-electron chi connectivity index (χ0n) is 15.2. The number of hydroxylamine groups is 1. The van der Waals surface area contributed by atoms with Crippen LogP contribution in [0.2, 0.25) is 0 Å². The highest BCUT2D eigenvalue weighted by Gasteiger charge is 2.55. The summed E-state index contributed by atoms with van der Waals surface area (Å²) < 4.78 is 5.52. The van der Waals surface area contributed by atoms with Gasteiger partial charge in [-0.05, 0) is 54.5 Å². The monoisotopic (exact) mass is 365 g/mol. The molecule has 1 aliphatic rings. The number of fused-ring (bicyclic) bond motifs is 1. The standard InChI is InChI=1S/C19H19N5O3/c1-19(2)17(24(18(25)22(19)3)14-7-5-4-6-8-14)23(26)12-13-9-10-15-16(11-13)21-27-20-15/h4-12,17H,1-3H3/b23-12-/t17-/m0/s1. The van der Waals surface area contributed by atoms with Gasteiger partial charge in [0.1, 0.15) is 16.6 Å². The van der Waals surface area contributed by atoms with E-state index in [1.54, 1.807) is 30.1 Å². The predicted molar refractivity (Wildman–Crippen MR) is 101 cm³/mol. The first-order chi connectivity index (χ1) is 12.9. The molecule has 138 valence electrons. The molecule has 8 nitrogen and oxygen atoms in total. The highest BCUT2D eigenvalue weighted by atomic mass is 16.6. The topological polar surface area (TPSA) is 88.5 Å². The third kappa shape index (κ3) is 2.69. The van der Waals surface area contributed by atoms with E-state index in [1.807, 2.05) is 44.2 Å². The van der Waals surface area contributed by atoms with Crippen LogP contribution in [0.5, 0.6) is 0 Å². The minimum atomic E-state index is -0.733. The number of aromatic nitrogens is 2. The Labute approximate surface area is 155 Å². The van der Waals surface area contributed by atoms with Crippen molar-refractivity contribution in [3.05, 3.63) is 59.3 Å². The molecule has 1 saturated heterocycles. The minimum absolute atomic E-state index is 0.221. The van der Waals surface area contributed by atoms with Crippen LogP contribution in [-0.4, -0.2) is 51.0 Å². The van der Waals surface area contributed by atoms with E-state index < -0.39 is 11.7 Å². The van der Waals surface area contributed by atoms with Crippen LogP contribution in [0.15, 0.2) is 53.2 Å². The Morgan fingerprint density at radius 3 is 2.59 bits per heavy atom. The molecule has 2 amide bonds. The van der Waals surface area contributed by atoms with E-state index in [4.69, 9.17) is 4.63 Å². The average molecular weight is 365 g/mol. The molecule has 1 aromatic heterocycles. The maximum absolute atomic E-state index is 13.2. The summed E-state index contributed by atoms with van der Waals surface area (Å²) in [5.41, 5.74) is 1.81. The minimum Gasteiger partial charge on any atom is -0.622 e. The highest BCUT2D eigenvalue weighted by Crippen LogP contribution is 2.35.